The van der Waals surface area contributed by atoms with E-state index in [4.69, 9.17) is 4.89 Å². The molecule has 0 amide bonds. The molecular formula is C5H15NO4P+. The zero-order valence-electron chi connectivity index (χ0n) is 6.82. The lowest BCUT2D eigenvalue weighted by Crippen LogP contribution is -2.00. The highest BCUT2D eigenvalue weighted by molar-refractivity contribution is 7.32. The topological polar surface area (TPSA) is 81.8 Å². The third kappa shape index (κ3) is 25.7. The van der Waals surface area contributed by atoms with Crippen LogP contribution >= 0.6 is 8.25 Å². The van der Waals surface area contributed by atoms with Crippen LogP contribution in [-0.2, 0) is 13.9 Å². The largest absolute Gasteiger partial charge is 0.697 e. The van der Waals surface area contributed by atoms with Gasteiger partial charge in [-0.2, -0.15) is 0 Å². The number of unbranched alkanes of at least 4 members (excludes halogenated alkanes) is 1. The van der Waals surface area contributed by atoms with Gasteiger partial charge in [-0.3, -0.25) is 4.84 Å². The molecule has 0 aromatic carbocycles. The first-order valence-corrected chi connectivity index (χ1v) is 4.42. The molecule has 0 aromatic heterocycles. The summed E-state index contributed by atoms with van der Waals surface area (Å²) < 4.78 is 13.5. The van der Waals surface area contributed by atoms with E-state index in [-0.39, 0.29) is 6.79 Å². The van der Waals surface area contributed by atoms with Gasteiger partial charge < -0.3 is 0 Å². The molecule has 1 atom stereocenters. The number of hydrogen-bond acceptors (Lipinski definition) is 4. The van der Waals surface area contributed by atoms with Crippen LogP contribution in [0.4, 0.5) is 0 Å². The van der Waals surface area contributed by atoms with Crippen LogP contribution < -0.4 is 5.90 Å². The summed E-state index contributed by atoms with van der Waals surface area (Å²) in [6.45, 7) is 4.01. The summed E-state index contributed by atoms with van der Waals surface area (Å²) in [5.41, 5.74) is 0. The summed E-state index contributed by atoms with van der Waals surface area (Å²) in [6.07, 6.45) is 2.64. The standard InChI is InChI=1S/C4H10.CH4NO4P/c1-3-4-2;2-5-1-6-7(3)4/h3-4H2,1-2H3;1-2H2/p+1. The van der Waals surface area contributed by atoms with E-state index in [2.05, 4.69) is 29.1 Å². The molecule has 0 aliphatic rings. The van der Waals surface area contributed by atoms with E-state index in [0.29, 0.717) is 0 Å². The van der Waals surface area contributed by atoms with Crippen molar-refractivity contribution >= 4 is 8.25 Å². The maximum absolute atomic E-state index is 9.55. The molecule has 0 bridgehead atoms. The molecule has 0 fully saturated rings. The Hall–Kier alpha value is -0.0600. The van der Waals surface area contributed by atoms with Crippen LogP contribution in [0.3, 0.4) is 0 Å². The first-order chi connectivity index (χ1) is 5.18. The highest BCUT2D eigenvalue weighted by Gasteiger charge is 2.09. The highest BCUT2D eigenvalue weighted by Crippen LogP contribution is 2.12. The van der Waals surface area contributed by atoms with Gasteiger partial charge in [-0.25, -0.2) is 5.90 Å². The second-order valence-electron chi connectivity index (χ2n) is 1.65. The molecule has 0 rings (SSSR count). The molecule has 0 radical (unpaired) electrons. The van der Waals surface area contributed by atoms with E-state index in [0.717, 1.165) is 0 Å². The van der Waals surface area contributed by atoms with Crippen LogP contribution in [0.1, 0.15) is 26.7 Å². The Bertz CT molecular complexity index is 88.6. The number of rotatable bonds is 4. The Morgan fingerprint density at radius 2 is 1.91 bits per heavy atom. The van der Waals surface area contributed by atoms with Crippen molar-refractivity contribution < 1.29 is 18.8 Å². The maximum atomic E-state index is 9.55. The van der Waals surface area contributed by atoms with Crippen LogP contribution in [0.2, 0.25) is 0 Å². The Kier molecular flexibility index (Phi) is 15.5. The van der Waals surface area contributed by atoms with Crippen LogP contribution in [0.5, 0.6) is 0 Å². The molecule has 0 heterocycles. The van der Waals surface area contributed by atoms with E-state index in [1.54, 1.807) is 0 Å². The molecule has 68 valence electrons. The first-order valence-electron chi connectivity index (χ1n) is 3.29. The molecule has 6 heteroatoms. The van der Waals surface area contributed by atoms with Gasteiger partial charge in [-0.15, -0.1) is 4.89 Å². The monoisotopic (exact) mass is 184 g/mol. The molecule has 11 heavy (non-hydrogen) atoms. The number of nitrogens with two attached hydrogens (primary N) is 1. The van der Waals surface area contributed by atoms with Crippen molar-refractivity contribution in [2.45, 2.75) is 26.7 Å². The van der Waals surface area contributed by atoms with Gasteiger partial charge in [0.25, 0.3) is 0 Å². The maximum Gasteiger partial charge on any atom is 0.697 e. The average molecular weight is 184 g/mol. The molecule has 0 spiro atoms. The molecular weight excluding hydrogens is 169 g/mol. The van der Waals surface area contributed by atoms with Gasteiger partial charge in [-0.1, -0.05) is 31.2 Å². The van der Waals surface area contributed by atoms with Crippen molar-refractivity contribution in [1.29, 1.82) is 0 Å². The SMILES string of the molecule is CCCC.NOCO[P+](=O)O. The molecule has 3 N–H and O–H groups in total. The quantitative estimate of drug-likeness (QED) is 0.391. The van der Waals surface area contributed by atoms with E-state index >= 15 is 0 Å². The fourth-order valence-corrected chi connectivity index (χ4v) is 0.227. The van der Waals surface area contributed by atoms with E-state index < -0.39 is 8.25 Å². The average Bonchev–Trinajstić information content (AvgIpc) is 2.01. The van der Waals surface area contributed by atoms with E-state index in [1.165, 1.54) is 12.8 Å². The third-order valence-corrected chi connectivity index (χ3v) is 1.06. The van der Waals surface area contributed by atoms with Gasteiger partial charge in [0.2, 0.25) is 6.79 Å². The molecule has 0 saturated carbocycles. The molecule has 1 unspecified atom stereocenters. The fourth-order valence-electron chi connectivity index (χ4n) is 0.0755. The fraction of sp³-hybridized carbons (Fsp3) is 1.00. The Labute approximate surface area is 67.4 Å². The van der Waals surface area contributed by atoms with Crippen molar-refractivity contribution in [2.75, 3.05) is 6.79 Å². The summed E-state index contributed by atoms with van der Waals surface area (Å²) in [7, 11) is -2.56. The zero-order chi connectivity index (χ0) is 9.11. The second kappa shape index (κ2) is 12.6. The van der Waals surface area contributed by atoms with Crippen LogP contribution in [0.15, 0.2) is 0 Å². The van der Waals surface area contributed by atoms with Gasteiger partial charge in [0.05, 0.1) is 0 Å². The van der Waals surface area contributed by atoms with Crippen molar-refractivity contribution in [2.24, 2.45) is 5.90 Å². The lowest BCUT2D eigenvalue weighted by molar-refractivity contribution is 0.0131. The van der Waals surface area contributed by atoms with Gasteiger partial charge in [0.15, 0.2) is 0 Å². The second-order valence-corrected chi connectivity index (χ2v) is 2.39. The molecule has 0 aliphatic carbocycles. The van der Waals surface area contributed by atoms with Crippen LogP contribution in [-0.4, -0.2) is 11.7 Å². The van der Waals surface area contributed by atoms with E-state index in [1.807, 2.05) is 0 Å². The summed E-state index contributed by atoms with van der Waals surface area (Å²) in [5.74, 6) is 4.41. The lowest BCUT2D eigenvalue weighted by Gasteiger charge is -1.80. The minimum absolute atomic E-state index is 0.355. The summed E-state index contributed by atoms with van der Waals surface area (Å²) in [5, 5.41) is 0. The highest BCUT2D eigenvalue weighted by atomic mass is 31.1. The predicted molar refractivity (Wildman–Crippen MR) is 41.6 cm³/mol. The lowest BCUT2D eigenvalue weighted by atomic mass is 10.4. The van der Waals surface area contributed by atoms with Gasteiger partial charge >= 0.3 is 8.25 Å². The molecule has 0 aromatic rings. The van der Waals surface area contributed by atoms with Crippen molar-refractivity contribution in [1.82, 2.24) is 0 Å². The van der Waals surface area contributed by atoms with Crippen molar-refractivity contribution in [3.63, 3.8) is 0 Å². The molecule has 0 saturated heterocycles. The number of hydrogen-bond donors (Lipinski definition) is 2. The van der Waals surface area contributed by atoms with Crippen molar-refractivity contribution in [3.8, 4) is 0 Å². The van der Waals surface area contributed by atoms with E-state index in [9.17, 15) is 4.57 Å². The first kappa shape index (κ1) is 13.5. The van der Waals surface area contributed by atoms with Gasteiger partial charge in [0.1, 0.15) is 0 Å². The Balaban J connectivity index is 0. The minimum atomic E-state index is -2.56. The molecule has 0 aliphatic heterocycles. The Morgan fingerprint density at radius 3 is 2.00 bits per heavy atom. The van der Waals surface area contributed by atoms with Crippen LogP contribution in [0.25, 0.3) is 0 Å². The summed E-state index contributed by atoms with van der Waals surface area (Å²) in [4.78, 5) is 11.6. The minimum Gasteiger partial charge on any atom is -0.271 e. The third-order valence-electron chi connectivity index (χ3n) is 0.731. The van der Waals surface area contributed by atoms with Gasteiger partial charge in [0, 0.05) is 4.57 Å². The Morgan fingerprint density at radius 1 is 1.45 bits per heavy atom. The molecule has 5 nitrogen and oxygen atoms in total. The summed E-state index contributed by atoms with van der Waals surface area (Å²) >= 11 is 0. The van der Waals surface area contributed by atoms with Gasteiger partial charge in [-0.05, 0) is 0 Å². The normalized spacial score (nSPS) is 10.0. The van der Waals surface area contributed by atoms with Crippen LogP contribution in [0, 0.1) is 0 Å². The predicted octanol–water partition coefficient (Wildman–Crippen LogP) is 1.31. The van der Waals surface area contributed by atoms with Crippen molar-refractivity contribution in [3.05, 3.63) is 0 Å². The zero-order valence-corrected chi connectivity index (χ0v) is 7.71. The summed E-state index contributed by atoms with van der Waals surface area (Å²) in [6, 6.07) is 0. The smallest absolute Gasteiger partial charge is 0.271 e.